The van der Waals surface area contributed by atoms with Gasteiger partial charge >= 0.3 is 6.09 Å². The van der Waals surface area contributed by atoms with Gasteiger partial charge in [-0.25, -0.2) is 9.18 Å². The van der Waals surface area contributed by atoms with Crippen LogP contribution in [0.3, 0.4) is 0 Å². The summed E-state index contributed by atoms with van der Waals surface area (Å²) < 4.78 is 17.3. The Balaban J connectivity index is 2.76. The first-order valence-electron chi connectivity index (χ1n) is 7.60. The van der Waals surface area contributed by atoms with Crippen LogP contribution in [0.15, 0.2) is 30.3 Å². The number of alkyl carbamates (subject to hydrolysis) is 1. The molecule has 1 rings (SSSR count). The Morgan fingerprint density at radius 2 is 1.79 bits per heavy atom. The maximum Gasteiger partial charge on any atom is 0.408 e. The lowest BCUT2D eigenvalue weighted by molar-refractivity contribution is -0.126. The number of amides is 2. The van der Waals surface area contributed by atoms with Crippen LogP contribution in [0.25, 0.3) is 0 Å². The lowest BCUT2D eigenvalue weighted by atomic mass is 10.1. The molecule has 2 N–H and O–H groups in total. The number of hydrogen-bond donors (Lipinski definition) is 2. The molecule has 24 heavy (non-hydrogen) atoms. The molecule has 1 atom stereocenters. The molecule has 1 aromatic carbocycles. The number of ketones is 1. The quantitative estimate of drug-likeness (QED) is 0.794. The molecular weight excluding hydrogens is 315 g/mol. The van der Waals surface area contributed by atoms with Gasteiger partial charge in [0.2, 0.25) is 5.91 Å². The number of halogens is 1. The summed E-state index contributed by atoms with van der Waals surface area (Å²) in [5, 5.41) is 4.81. The molecule has 0 saturated carbocycles. The van der Waals surface area contributed by atoms with Gasteiger partial charge in [0, 0.05) is 6.42 Å². The first-order valence-corrected chi connectivity index (χ1v) is 7.60. The molecule has 0 saturated heterocycles. The molecule has 0 aliphatic rings. The van der Waals surface area contributed by atoms with Crippen LogP contribution in [0.5, 0.6) is 0 Å². The molecule has 0 aromatic heterocycles. The number of hydrogen-bond acceptors (Lipinski definition) is 4. The van der Waals surface area contributed by atoms with Crippen molar-refractivity contribution in [2.75, 3.05) is 13.2 Å². The number of rotatable bonds is 7. The Labute approximate surface area is 140 Å². The first-order chi connectivity index (χ1) is 11.2. The van der Waals surface area contributed by atoms with Gasteiger partial charge in [0.1, 0.15) is 18.3 Å². The van der Waals surface area contributed by atoms with Gasteiger partial charge in [-0.1, -0.05) is 30.3 Å². The van der Waals surface area contributed by atoms with Gasteiger partial charge in [-0.3, -0.25) is 9.59 Å². The van der Waals surface area contributed by atoms with Gasteiger partial charge in [-0.2, -0.15) is 0 Å². The summed E-state index contributed by atoms with van der Waals surface area (Å²) in [6.07, 6.45) is -0.522. The van der Waals surface area contributed by atoms with E-state index in [9.17, 15) is 18.8 Å². The lowest BCUT2D eigenvalue weighted by Gasteiger charge is -2.23. The Morgan fingerprint density at radius 1 is 1.17 bits per heavy atom. The fraction of sp³-hybridized carbons (Fsp3) is 0.471. The third-order valence-corrected chi connectivity index (χ3v) is 2.90. The van der Waals surface area contributed by atoms with Crippen molar-refractivity contribution in [1.29, 1.82) is 0 Å². The second-order valence-corrected chi connectivity index (χ2v) is 6.28. The minimum atomic E-state index is -1.15. The summed E-state index contributed by atoms with van der Waals surface area (Å²) >= 11 is 0. The van der Waals surface area contributed by atoms with E-state index in [-0.39, 0.29) is 6.42 Å². The van der Waals surface area contributed by atoms with Crippen LogP contribution >= 0.6 is 0 Å². The van der Waals surface area contributed by atoms with Gasteiger partial charge in [0.15, 0.2) is 5.78 Å². The molecule has 1 aromatic rings. The van der Waals surface area contributed by atoms with Crippen molar-refractivity contribution < 1.29 is 23.5 Å². The number of nitrogens with one attached hydrogen (secondary N) is 2. The monoisotopic (exact) mass is 338 g/mol. The third kappa shape index (κ3) is 7.71. The van der Waals surface area contributed by atoms with Crippen LogP contribution in [0.1, 0.15) is 26.3 Å². The predicted octanol–water partition coefficient (Wildman–Crippen LogP) is 1.78. The van der Waals surface area contributed by atoms with Crippen molar-refractivity contribution in [2.24, 2.45) is 0 Å². The highest BCUT2D eigenvalue weighted by atomic mass is 19.1. The highest BCUT2D eigenvalue weighted by Crippen LogP contribution is 2.08. The van der Waals surface area contributed by atoms with E-state index in [2.05, 4.69) is 10.6 Å². The smallest absolute Gasteiger partial charge is 0.408 e. The molecule has 0 radical (unpaired) electrons. The van der Waals surface area contributed by atoms with E-state index in [1.54, 1.807) is 20.8 Å². The van der Waals surface area contributed by atoms with E-state index < -0.39 is 42.6 Å². The molecule has 2 amide bonds. The topological polar surface area (TPSA) is 84.5 Å². The minimum Gasteiger partial charge on any atom is -0.444 e. The molecule has 7 heteroatoms. The zero-order chi connectivity index (χ0) is 18.2. The van der Waals surface area contributed by atoms with E-state index in [1.165, 1.54) is 0 Å². The fourth-order valence-corrected chi connectivity index (χ4v) is 1.87. The summed E-state index contributed by atoms with van der Waals surface area (Å²) in [5.41, 5.74) is 0.118. The molecule has 132 valence electrons. The van der Waals surface area contributed by atoms with Crippen molar-refractivity contribution in [3.8, 4) is 0 Å². The molecule has 0 bridgehead atoms. The minimum absolute atomic E-state index is 0.218. The summed E-state index contributed by atoms with van der Waals surface area (Å²) in [6, 6.07) is 8.14. The molecule has 6 nitrogen and oxygen atoms in total. The number of carbonyl (C=O) groups excluding carboxylic acids is 3. The summed E-state index contributed by atoms with van der Waals surface area (Å²) in [4.78, 5) is 35.1. The molecule has 0 spiro atoms. The molecular formula is C17H23FN2O4. The van der Waals surface area contributed by atoms with Crippen LogP contribution in [-0.4, -0.2) is 42.6 Å². The number of ether oxygens (including phenoxy) is 1. The van der Waals surface area contributed by atoms with Crippen molar-refractivity contribution >= 4 is 17.8 Å². The number of alkyl halides is 1. The average Bonchev–Trinajstić information content (AvgIpc) is 2.50. The standard InChI is InChI=1S/C17H23FN2O4/c1-17(2,3)24-16(23)20-14(9-12-7-5-4-6-8-12)15(22)19-11-13(21)10-18/h4-8,14H,9-11H2,1-3H3,(H,19,22)(H,20,23)/t14-/m0/s1. The maximum atomic E-state index is 12.2. The van der Waals surface area contributed by atoms with Crippen LogP contribution in [-0.2, 0) is 20.7 Å². The summed E-state index contributed by atoms with van der Waals surface area (Å²) in [7, 11) is 0. The maximum absolute atomic E-state index is 12.2. The summed E-state index contributed by atoms with van der Waals surface area (Å²) in [6.45, 7) is 3.55. The highest BCUT2D eigenvalue weighted by Gasteiger charge is 2.24. The van der Waals surface area contributed by atoms with Crippen molar-refractivity contribution in [3.05, 3.63) is 35.9 Å². The Morgan fingerprint density at radius 3 is 2.33 bits per heavy atom. The van der Waals surface area contributed by atoms with E-state index in [4.69, 9.17) is 4.74 Å². The zero-order valence-corrected chi connectivity index (χ0v) is 14.1. The lowest BCUT2D eigenvalue weighted by Crippen LogP contribution is -2.50. The van der Waals surface area contributed by atoms with Crippen LogP contribution in [0, 0.1) is 0 Å². The van der Waals surface area contributed by atoms with E-state index in [0.717, 1.165) is 5.56 Å². The Bertz CT molecular complexity index is 570. The SMILES string of the molecule is CC(C)(C)OC(=O)N[C@@H](Cc1ccccc1)C(=O)NCC(=O)CF. The second-order valence-electron chi connectivity index (χ2n) is 6.28. The summed E-state index contributed by atoms with van der Waals surface area (Å²) in [5.74, 6) is -1.31. The molecule has 0 fully saturated rings. The average molecular weight is 338 g/mol. The third-order valence-electron chi connectivity index (χ3n) is 2.90. The Kier molecular flexibility index (Phi) is 7.35. The number of carbonyl (C=O) groups is 3. The van der Waals surface area contributed by atoms with Crippen LogP contribution in [0.4, 0.5) is 9.18 Å². The van der Waals surface area contributed by atoms with Crippen molar-refractivity contribution in [1.82, 2.24) is 10.6 Å². The van der Waals surface area contributed by atoms with Gasteiger partial charge in [-0.05, 0) is 26.3 Å². The van der Waals surface area contributed by atoms with E-state index >= 15 is 0 Å². The van der Waals surface area contributed by atoms with Crippen LogP contribution < -0.4 is 10.6 Å². The molecule has 0 heterocycles. The largest absolute Gasteiger partial charge is 0.444 e. The molecule has 0 aliphatic heterocycles. The van der Waals surface area contributed by atoms with Gasteiger partial charge in [-0.15, -0.1) is 0 Å². The number of Topliss-reactive ketones (excluding diaryl/α,β-unsaturated/α-hetero) is 1. The normalized spacial score (nSPS) is 12.2. The van der Waals surface area contributed by atoms with Gasteiger partial charge in [0.25, 0.3) is 0 Å². The van der Waals surface area contributed by atoms with Gasteiger partial charge < -0.3 is 15.4 Å². The van der Waals surface area contributed by atoms with E-state index in [0.29, 0.717) is 0 Å². The highest BCUT2D eigenvalue weighted by molar-refractivity contribution is 5.90. The predicted molar refractivity (Wildman–Crippen MR) is 87.3 cm³/mol. The fourth-order valence-electron chi connectivity index (χ4n) is 1.87. The zero-order valence-electron chi connectivity index (χ0n) is 14.1. The molecule has 0 aliphatic carbocycles. The van der Waals surface area contributed by atoms with Crippen molar-refractivity contribution in [3.63, 3.8) is 0 Å². The Hall–Kier alpha value is -2.44. The van der Waals surface area contributed by atoms with Gasteiger partial charge in [0.05, 0.1) is 6.54 Å². The van der Waals surface area contributed by atoms with Crippen molar-refractivity contribution in [2.45, 2.75) is 38.8 Å². The first kappa shape index (κ1) is 19.6. The van der Waals surface area contributed by atoms with Crippen LogP contribution in [0.2, 0.25) is 0 Å². The second kappa shape index (κ2) is 9.00. The molecule has 0 unspecified atom stereocenters. The van der Waals surface area contributed by atoms with E-state index in [1.807, 2.05) is 30.3 Å². The number of benzene rings is 1.